The van der Waals surface area contributed by atoms with E-state index >= 15 is 0 Å². The molecule has 0 radical (unpaired) electrons. The van der Waals surface area contributed by atoms with Crippen LogP contribution < -0.4 is 5.32 Å². The van der Waals surface area contributed by atoms with E-state index in [-0.39, 0.29) is 17.9 Å². The molecule has 4 rings (SSSR count). The average molecular weight is 399 g/mol. The van der Waals surface area contributed by atoms with Gasteiger partial charge in [0.15, 0.2) is 0 Å². The number of nitrogens with zero attached hydrogens (tertiary/aromatic N) is 3. The Balaban J connectivity index is 1.80. The van der Waals surface area contributed by atoms with Crippen molar-refractivity contribution in [1.82, 2.24) is 20.4 Å². The van der Waals surface area contributed by atoms with Crippen LogP contribution in [0.25, 0.3) is 11.1 Å². The summed E-state index contributed by atoms with van der Waals surface area (Å²) >= 11 is 6.22. The van der Waals surface area contributed by atoms with Crippen molar-refractivity contribution in [1.29, 1.82) is 0 Å². The first kappa shape index (κ1) is 18.4. The summed E-state index contributed by atoms with van der Waals surface area (Å²) in [5.74, 6) is -0.409. The summed E-state index contributed by atoms with van der Waals surface area (Å²) in [4.78, 5) is 31.6. The van der Waals surface area contributed by atoms with Crippen LogP contribution in [0.4, 0.5) is 0 Å². The van der Waals surface area contributed by atoms with E-state index in [1.807, 2.05) is 0 Å². The first-order valence-electron chi connectivity index (χ1n) is 9.05. The third-order valence-corrected chi connectivity index (χ3v) is 5.34. The van der Waals surface area contributed by atoms with Crippen LogP contribution in [0, 0.1) is 6.92 Å². The predicted octanol–water partition coefficient (Wildman–Crippen LogP) is 3.52. The van der Waals surface area contributed by atoms with Gasteiger partial charge in [0.1, 0.15) is 5.69 Å². The highest BCUT2D eigenvalue weighted by atomic mass is 35.5. The number of nitrogens with one attached hydrogen (secondary N) is 1. The predicted molar refractivity (Wildman–Crippen MR) is 104 cm³/mol. The van der Waals surface area contributed by atoms with Gasteiger partial charge in [0, 0.05) is 19.3 Å². The van der Waals surface area contributed by atoms with Crippen LogP contribution in [0.1, 0.15) is 51.0 Å². The molecule has 1 aromatic carbocycles. The van der Waals surface area contributed by atoms with Gasteiger partial charge < -0.3 is 14.7 Å². The molecule has 3 heterocycles. The lowest BCUT2D eigenvalue weighted by molar-refractivity contribution is 0.0732. The molecule has 0 aliphatic carbocycles. The summed E-state index contributed by atoms with van der Waals surface area (Å²) in [6, 6.07) is 8.38. The van der Waals surface area contributed by atoms with Crippen molar-refractivity contribution in [3.05, 3.63) is 57.9 Å². The number of hydrogen-bond donors (Lipinski definition) is 1. The number of likely N-dealkylation sites (tertiary alicyclic amines) is 1. The molecule has 144 valence electrons. The van der Waals surface area contributed by atoms with Crippen LogP contribution in [0.2, 0.25) is 5.02 Å². The SMILES string of the molecule is CNC(=O)c1cc(C)nc2onc(C3CCCN3C(=O)c3ccccc3Cl)c12. The molecule has 1 unspecified atom stereocenters. The number of amides is 2. The van der Waals surface area contributed by atoms with E-state index in [2.05, 4.69) is 15.5 Å². The lowest BCUT2D eigenvalue weighted by atomic mass is 10.0. The highest BCUT2D eigenvalue weighted by Crippen LogP contribution is 2.38. The van der Waals surface area contributed by atoms with Gasteiger partial charge in [0.2, 0.25) is 0 Å². The minimum atomic E-state index is -0.307. The van der Waals surface area contributed by atoms with E-state index in [1.165, 1.54) is 0 Å². The highest BCUT2D eigenvalue weighted by molar-refractivity contribution is 6.33. The third kappa shape index (κ3) is 3.01. The topological polar surface area (TPSA) is 88.3 Å². The fourth-order valence-corrected chi connectivity index (χ4v) is 3.94. The largest absolute Gasteiger partial charge is 0.355 e. The third-order valence-electron chi connectivity index (χ3n) is 5.01. The number of pyridine rings is 1. The molecule has 1 aliphatic rings. The number of benzene rings is 1. The number of carbonyl (C=O) groups is 2. The summed E-state index contributed by atoms with van der Waals surface area (Å²) < 4.78 is 5.43. The zero-order valence-corrected chi connectivity index (χ0v) is 16.3. The number of halogens is 1. The standard InChI is InChI=1S/C20H19ClN4O3/c1-11-10-13(18(26)22-2)16-17(24-28-19(16)23-11)15-8-5-9-25(15)20(27)12-6-3-4-7-14(12)21/h3-4,6-7,10,15H,5,8-9H2,1-2H3,(H,22,26). The van der Waals surface area contributed by atoms with Crippen molar-refractivity contribution in [2.45, 2.75) is 25.8 Å². The Labute approximate surface area is 166 Å². The first-order valence-corrected chi connectivity index (χ1v) is 9.43. The average Bonchev–Trinajstić information content (AvgIpc) is 3.33. The van der Waals surface area contributed by atoms with Crippen LogP contribution in [0.15, 0.2) is 34.9 Å². The number of fused-ring (bicyclic) bond motifs is 1. The minimum Gasteiger partial charge on any atom is -0.355 e. The van der Waals surface area contributed by atoms with Gasteiger partial charge in [0.05, 0.1) is 27.6 Å². The summed E-state index contributed by atoms with van der Waals surface area (Å²) in [7, 11) is 1.57. The Morgan fingerprint density at radius 1 is 1.29 bits per heavy atom. The maximum Gasteiger partial charge on any atom is 0.259 e. The Morgan fingerprint density at radius 2 is 2.07 bits per heavy atom. The molecule has 1 N–H and O–H groups in total. The molecule has 0 spiro atoms. The van der Waals surface area contributed by atoms with Crippen LogP contribution in [-0.4, -0.2) is 40.4 Å². The molecule has 7 nitrogen and oxygen atoms in total. The molecule has 1 atom stereocenters. The molecular formula is C20H19ClN4O3. The van der Waals surface area contributed by atoms with Gasteiger partial charge in [0.25, 0.3) is 17.5 Å². The number of hydrogen-bond acceptors (Lipinski definition) is 5. The molecular weight excluding hydrogens is 380 g/mol. The molecule has 0 saturated carbocycles. The number of rotatable bonds is 3. The summed E-state index contributed by atoms with van der Waals surface area (Å²) in [5.41, 5.74) is 2.40. The van der Waals surface area contributed by atoms with Gasteiger partial charge in [-0.15, -0.1) is 0 Å². The fourth-order valence-electron chi connectivity index (χ4n) is 3.72. The quantitative estimate of drug-likeness (QED) is 0.729. The number of aromatic nitrogens is 2. The fraction of sp³-hybridized carbons (Fsp3) is 0.300. The van der Waals surface area contributed by atoms with E-state index < -0.39 is 0 Å². The Hall–Kier alpha value is -2.93. The first-order chi connectivity index (χ1) is 13.5. The van der Waals surface area contributed by atoms with E-state index in [0.29, 0.717) is 45.2 Å². The Bertz CT molecular complexity index is 1080. The molecule has 1 fully saturated rings. The molecule has 8 heteroatoms. The van der Waals surface area contributed by atoms with Crippen molar-refractivity contribution in [2.24, 2.45) is 0 Å². The molecule has 2 amide bonds. The van der Waals surface area contributed by atoms with Gasteiger partial charge in [-0.1, -0.05) is 28.9 Å². The van der Waals surface area contributed by atoms with Gasteiger partial charge in [-0.25, -0.2) is 4.98 Å². The van der Waals surface area contributed by atoms with Crippen molar-refractivity contribution in [3.8, 4) is 0 Å². The summed E-state index contributed by atoms with van der Waals surface area (Å²) in [6.07, 6.45) is 1.54. The van der Waals surface area contributed by atoms with Crippen molar-refractivity contribution in [2.75, 3.05) is 13.6 Å². The lowest BCUT2D eigenvalue weighted by Gasteiger charge is -2.24. The van der Waals surface area contributed by atoms with Gasteiger partial charge >= 0.3 is 0 Å². The minimum absolute atomic E-state index is 0.161. The molecule has 0 bridgehead atoms. The Kier molecular flexibility index (Phi) is 4.77. The van der Waals surface area contributed by atoms with E-state index in [0.717, 1.165) is 12.8 Å². The highest BCUT2D eigenvalue weighted by Gasteiger charge is 2.36. The van der Waals surface area contributed by atoms with Crippen molar-refractivity contribution >= 4 is 34.5 Å². The van der Waals surface area contributed by atoms with Gasteiger partial charge in [-0.3, -0.25) is 9.59 Å². The molecule has 2 aromatic heterocycles. The summed E-state index contributed by atoms with van der Waals surface area (Å²) in [6.45, 7) is 2.37. The van der Waals surface area contributed by atoms with Gasteiger partial charge in [-0.05, 0) is 38.0 Å². The number of aryl methyl sites for hydroxylation is 1. The van der Waals surface area contributed by atoms with E-state index in [1.54, 1.807) is 49.2 Å². The van der Waals surface area contributed by atoms with Crippen LogP contribution in [0.5, 0.6) is 0 Å². The van der Waals surface area contributed by atoms with Crippen LogP contribution >= 0.6 is 11.6 Å². The molecule has 1 saturated heterocycles. The maximum absolute atomic E-state index is 13.1. The van der Waals surface area contributed by atoms with E-state index in [4.69, 9.17) is 16.1 Å². The van der Waals surface area contributed by atoms with Crippen LogP contribution in [-0.2, 0) is 0 Å². The lowest BCUT2D eigenvalue weighted by Crippen LogP contribution is -2.31. The zero-order chi connectivity index (χ0) is 19.8. The molecule has 28 heavy (non-hydrogen) atoms. The molecule has 3 aromatic rings. The maximum atomic E-state index is 13.1. The Morgan fingerprint density at radius 3 is 2.82 bits per heavy atom. The van der Waals surface area contributed by atoms with Gasteiger partial charge in [-0.2, -0.15) is 0 Å². The second-order valence-corrected chi connectivity index (χ2v) is 7.18. The number of carbonyl (C=O) groups excluding carboxylic acids is 2. The second-order valence-electron chi connectivity index (χ2n) is 6.77. The van der Waals surface area contributed by atoms with Crippen molar-refractivity contribution in [3.63, 3.8) is 0 Å². The second kappa shape index (κ2) is 7.24. The van der Waals surface area contributed by atoms with Crippen LogP contribution in [0.3, 0.4) is 0 Å². The normalized spacial score (nSPS) is 16.5. The monoisotopic (exact) mass is 398 g/mol. The zero-order valence-electron chi connectivity index (χ0n) is 15.5. The van der Waals surface area contributed by atoms with E-state index in [9.17, 15) is 9.59 Å². The smallest absolute Gasteiger partial charge is 0.259 e. The molecule has 1 aliphatic heterocycles. The van der Waals surface area contributed by atoms with Crippen molar-refractivity contribution < 1.29 is 14.1 Å². The summed E-state index contributed by atoms with van der Waals surface area (Å²) in [5, 5.41) is 7.80.